The zero-order chi connectivity index (χ0) is 11.3. The largest absolute Gasteiger partial charge is 0.304 e. The summed E-state index contributed by atoms with van der Waals surface area (Å²) in [5.41, 5.74) is -0.00487. The van der Waals surface area contributed by atoms with Crippen LogP contribution >= 0.6 is 0 Å². The van der Waals surface area contributed by atoms with Gasteiger partial charge in [0.05, 0.1) is 11.5 Å². The molecule has 6 heteroatoms. The van der Waals surface area contributed by atoms with Gasteiger partial charge in [-0.25, -0.2) is 9.79 Å². The van der Waals surface area contributed by atoms with E-state index in [9.17, 15) is 19.3 Å². The molecule has 0 aromatic heterocycles. The molecular weight excluding hydrogens is 203 g/mol. The maximum Gasteiger partial charge on any atom is 0.304 e. The van der Waals surface area contributed by atoms with Crippen LogP contribution in [0.25, 0.3) is 0 Å². The summed E-state index contributed by atoms with van der Waals surface area (Å²) in [6.45, 7) is 0.195. The van der Waals surface area contributed by atoms with Gasteiger partial charge in [-0.15, -0.1) is 0 Å². The molecule has 0 fully saturated rings. The average Bonchev–Trinajstić information content (AvgIpc) is 2.17. The zero-order valence-corrected chi connectivity index (χ0v) is 7.64. The summed E-state index contributed by atoms with van der Waals surface area (Å²) in [5.74, 6) is -0.882. The van der Waals surface area contributed by atoms with Crippen LogP contribution < -0.4 is 0 Å². The van der Waals surface area contributed by atoms with Crippen molar-refractivity contribution in [1.29, 1.82) is 0 Å². The number of nitrogens with zero attached hydrogens (tertiary/aromatic N) is 2. The van der Waals surface area contributed by atoms with Crippen molar-refractivity contribution in [3.05, 3.63) is 39.7 Å². The van der Waals surface area contributed by atoms with E-state index in [1.54, 1.807) is 0 Å². The minimum atomic E-state index is -0.882. The molecule has 0 aliphatic heterocycles. The minimum absolute atomic E-state index is 0.195. The lowest BCUT2D eigenvalue weighted by molar-refractivity contribution is -0.387. The Balaban J connectivity index is 2.82. The first-order valence-electron chi connectivity index (χ1n) is 4.11. The minimum Gasteiger partial charge on any atom is -0.258 e. The number of hydrogen-bond donors (Lipinski definition) is 0. The second-order valence-electron chi connectivity index (χ2n) is 2.77. The summed E-state index contributed by atoms with van der Waals surface area (Å²) >= 11 is 0. The topological polar surface area (TPSA) is 72.6 Å². The predicted molar refractivity (Wildman–Crippen MR) is 49.7 cm³/mol. The molecule has 0 bridgehead atoms. The summed E-state index contributed by atoms with van der Waals surface area (Å²) in [6, 6.07) is 3.59. The van der Waals surface area contributed by atoms with E-state index < -0.39 is 16.4 Å². The number of nitro benzene ring substituents is 1. The fraction of sp³-hybridized carbons (Fsp3) is 0.222. The van der Waals surface area contributed by atoms with Crippen molar-refractivity contribution < 1.29 is 14.1 Å². The molecule has 0 spiro atoms. The highest BCUT2D eigenvalue weighted by atomic mass is 19.1. The molecule has 0 saturated carbocycles. The Hall–Kier alpha value is -2.07. The van der Waals surface area contributed by atoms with Crippen LogP contribution in [0.1, 0.15) is 5.56 Å². The SMILES string of the molecule is O=C=NCCc1ccc([N+](=O)[O-])c(F)c1. The molecule has 0 saturated heterocycles. The van der Waals surface area contributed by atoms with Gasteiger partial charge in [0.15, 0.2) is 0 Å². The van der Waals surface area contributed by atoms with E-state index in [4.69, 9.17) is 0 Å². The van der Waals surface area contributed by atoms with Crippen molar-refractivity contribution in [2.75, 3.05) is 6.54 Å². The highest BCUT2D eigenvalue weighted by Crippen LogP contribution is 2.18. The van der Waals surface area contributed by atoms with Crippen molar-refractivity contribution in [2.45, 2.75) is 6.42 Å². The number of rotatable bonds is 4. The van der Waals surface area contributed by atoms with Crippen LogP contribution in [0.5, 0.6) is 0 Å². The van der Waals surface area contributed by atoms with Crippen molar-refractivity contribution in [3.63, 3.8) is 0 Å². The zero-order valence-electron chi connectivity index (χ0n) is 7.64. The van der Waals surface area contributed by atoms with Crippen LogP contribution in [0.2, 0.25) is 0 Å². The molecule has 0 N–H and O–H groups in total. The van der Waals surface area contributed by atoms with Crippen molar-refractivity contribution in [1.82, 2.24) is 0 Å². The molecule has 0 aliphatic rings. The Bertz CT molecular complexity index is 427. The van der Waals surface area contributed by atoms with E-state index in [1.165, 1.54) is 12.1 Å². The van der Waals surface area contributed by atoms with Crippen LogP contribution in [0.15, 0.2) is 23.2 Å². The molecule has 15 heavy (non-hydrogen) atoms. The predicted octanol–water partition coefficient (Wildman–Crippen LogP) is 1.61. The maximum absolute atomic E-state index is 13.1. The number of nitro groups is 1. The van der Waals surface area contributed by atoms with Gasteiger partial charge in [0.2, 0.25) is 11.9 Å². The molecule has 0 amide bonds. The van der Waals surface area contributed by atoms with E-state index in [1.807, 2.05) is 0 Å². The molecular formula is C9H7FN2O3. The summed E-state index contributed by atoms with van der Waals surface area (Å²) in [7, 11) is 0. The van der Waals surface area contributed by atoms with Crippen molar-refractivity contribution >= 4 is 11.8 Å². The van der Waals surface area contributed by atoms with Crippen molar-refractivity contribution in [2.24, 2.45) is 4.99 Å². The number of carbonyl (C=O) groups excluding carboxylic acids is 1. The van der Waals surface area contributed by atoms with Gasteiger partial charge in [0, 0.05) is 6.07 Å². The summed E-state index contributed by atoms with van der Waals surface area (Å²) in [6.07, 6.45) is 1.71. The fourth-order valence-corrected chi connectivity index (χ4v) is 1.08. The third kappa shape index (κ3) is 2.96. The first-order chi connectivity index (χ1) is 7.15. The molecule has 1 aromatic carbocycles. The van der Waals surface area contributed by atoms with Gasteiger partial charge in [0.1, 0.15) is 0 Å². The van der Waals surface area contributed by atoms with E-state index in [0.29, 0.717) is 12.0 Å². The lowest BCUT2D eigenvalue weighted by Gasteiger charge is -1.98. The van der Waals surface area contributed by atoms with Gasteiger partial charge < -0.3 is 0 Å². The Morgan fingerprint density at radius 1 is 1.53 bits per heavy atom. The van der Waals surface area contributed by atoms with Crippen LogP contribution in [0.4, 0.5) is 10.1 Å². The fourth-order valence-electron chi connectivity index (χ4n) is 1.08. The number of halogens is 1. The molecule has 0 heterocycles. The second-order valence-corrected chi connectivity index (χ2v) is 2.77. The van der Waals surface area contributed by atoms with Crippen molar-refractivity contribution in [3.8, 4) is 0 Å². The number of aliphatic imine (C=N–C) groups is 1. The first kappa shape index (κ1) is 11.0. The summed E-state index contributed by atoms with van der Waals surface area (Å²) < 4.78 is 13.1. The normalized spacial score (nSPS) is 9.40. The van der Waals surface area contributed by atoms with E-state index in [2.05, 4.69) is 4.99 Å². The third-order valence-electron chi connectivity index (χ3n) is 1.79. The molecule has 0 atom stereocenters. The number of isocyanates is 1. The van der Waals surface area contributed by atoms with Gasteiger partial charge in [0.25, 0.3) is 0 Å². The van der Waals surface area contributed by atoms with Gasteiger partial charge in [-0.2, -0.15) is 4.39 Å². The summed E-state index contributed by atoms with van der Waals surface area (Å²) in [5, 5.41) is 10.3. The van der Waals surface area contributed by atoms with E-state index >= 15 is 0 Å². The Morgan fingerprint density at radius 2 is 2.27 bits per heavy atom. The second kappa shape index (κ2) is 4.97. The van der Waals surface area contributed by atoms with Crippen LogP contribution in [-0.4, -0.2) is 17.5 Å². The molecule has 0 aliphatic carbocycles. The number of benzene rings is 1. The summed E-state index contributed by atoms with van der Waals surface area (Å²) in [4.78, 5) is 22.5. The third-order valence-corrected chi connectivity index (χ3v) is 1.79. The standard InChI is InChI=1S/C9H7FN2O3/c10-8-5-7(3-4-11-6-13)1-2-9(8)12(14)15/h1-2,5H,3-4H2. The van der Waals surface area contributed by atoms with E-state index in [0.717, 1.165) is 12.1 Å². The highest BCUT2D eigenvalue weighted by Gasteiger charge is 2.13. The van der Waals surface area contributed by atoms with Gasteiger partial charge >= 0.3 is 5.69 Å². The molecule has 1 rings (SSSR count). The quantitative estimate of drug-likeness (QED) is 0.328. The maximum atomic E-state index is 13.1. The lowest BCUT2D eigenvalue weighted by atomic mass is 10.1. The monoisotopic (exact) mass is 210 g/mol. The van der Waals surface area contributed by atoms with E-state index in [-0.39, 0.29) is 6.54 Å². The molecule has 5 nitrogen and oxygen atoms in total. The highest BCUT2D eigenvalue weighted by molar-refractivity contribution is 5.36. The molecule has 1 aromatic rings. The Kier molecular flexibility index (Phi) is 3.65. The molecule has 78 valence electrons. The smallest absolute Gasteiger partial charge is 0.258 e. The number of hydrogen-bond acceptors (Lipinski definition) is 4. The average molecular weight is 210 g/mol. The van der Waals surface area contributed by atoms with Crippen LogP contribution in [-0.2, 0) is 11.2 Å². The lowest BCUT2D eigenvalue weighted by Crippen LogP contribution is -1.95. The molecule has 0 unspecified atom stereocenters. The Labute approximate surface area is 84.4 Å². The Morgan fingerprint density at radius 3 is 2.80 bits per heavy atom. The van der Waals surface area contributed by atoms with Gasteiger partial charge in [-0.05, 0) is 18.1 Å². The van der Waals surface area contributed by atoms with Gasteiger partial charge in [-0.1, -0.05) is 6.07 Å². The van der Waals surface area contributed by atoms with Gasteiger partial charge in [-0.3, -0.25) is 10.1 Å². The first-order valence-corrected chi connectivity index (χ1v) is 4.11. The van der Waals surface area contributed by atoms with Crippen LogP contribution in [0.3, 0.4) is 0 Å². The van der Waals surface area contributed by atoms with Crippen LogP contribution in [0, 0.1) is 15.9 Å². The molecule has 0 radical (unpaired) electrons.